The lowest BCUT2D eigenvalue weighted by molar-refractivity contribution is -0.154. The van der Waals surface area contributed by atoms with Crippen molar-refractivity contribution in [3.8, 4) is 0 Å². The standard InChI is InChI=1S/C20H36O3/c1-2-3-4-5-6-7-8-9-10-11-12-13-14-15-16-18-17-19(21)23-20(18)22/h15-16,18-19,21H,2-14,17H2,1H3/b16-15+. The topological polar surface area (TPSA) is 46.5 Å². The lowest BCUT2D eigenvalue weighted by Gasteiger charge is -2.02. The Labute approximate surface area is 142 Å². The van der Waals surface area contributed by atoms with Crippen LogP contribution in [0.1, 0.15) is 96.8 Å². The van der Waals surface area contributed by atoms with Crippen molar-refractivity contribution < 1.29 is 14.6 Å². The van der Waals surface area contributed by atoms with Gasteiger partial charge in [0, 0.05) is 6.42 Å². The van der Waals surface area contributed by atoms with Gasteiger partial charge in [0.1, 0.15) is 0 Å². The minimum atomic E-state index is -0.899. The van der Waals surface area contributed by atoms with Gasteiger partial charge < -0.3 is 9.84 Å². The number of carbonyl (C=O) groups excluding carboxylic acids is 1. The molecule has 1 heterocycles. The summed E-state index contributed by atoms with van der Waals surface area (Å²) in [4.78, 5) is 11.3. The van der Waals surface area contributed by atoms with Crippen LogP contribution in [-0.4, -0.2) is 17.4 Å². The van der Waals surface area contributed by atoms with E-state index in [1.54, 1.807) is 0 Å². The van der Waals surface area contributed by atoms with Gasteiger partial charge in [-0.05, 0) is 12.8 Å². The Hall–Kier alpha value is -0.830. The second-order valence-electron chi connectivity index (χ2n) is 6.84. The number of aliphatic hydroxyl groups excluding tert-OH is 1. The number of allylic oxidation sites excluding steroid dienone is 1. The molecule has 3 heteroatoms. The maximum atomic E-state index is 11.3. The molecule has 3 nitrogen and oxygen atoms in total. The van der Waals surface area contributed by atoms with Crippen molar-refractivity contribution in [2.75, 3.05) is 0 Å². The van der Waals surface area contributed by atoms with Crippen molar-refractivity contribution in [1.82, 2.24) is 0 Å². The molecule has 0 radical (unpaired) electrons. The predicted molar refractivity (Wildman–Crippen MR) is 95.0 cm³/mol. The van der Waals surface area contributed by atoms with E-state index in [0.29, 0.717) is 6.42 Å². The molecule has 0 aromatic carbocycles. The number of aliphatic hydroxyl groups is 1. The first-order valence-corrected chi connectivity index (χ1v) is 9.79. The van der Waals surface area contributed by atoms with E-state index in [0.717, 1.165) is 6.42 Å². The summed E-state index contributed by atoms with van der Waals surface area (Å²) in [5, 5.41) is 9.21. The molecule has 134 valence electrons. The molecule has 0 spiro atoms. The minimum absolute atomic E-state index is 0.234. The largest absolute Gasteiger partial charge is 0.435 e. The van der Waals surface area contributed by atoms with E-state index in [1.165, 1.54) is 77.0 Å². The number of ether oxygens (including phenoxy) is 1. The van der Waals surface area contributed by atoms with Crippen LogP contribution in [0.15, 0.2) is 12.2 Å². The van der Waals surface area contributed by atoms with Crippen LogP contribution in [0.5, 0.6) is 0 Å². The summed E-state index contributed by atoms with van der Waals surface area (Å²) in [6, 6.07) is 0. The number of esters is 1. The van der Waals surface area contributed by atoms with Crippen molar-refractivity contribution in [2.24, 2.45) is 5.92 Å². The SMILES string of the molecule is CCCCCCCCCCCCCC/C=C/C1CC(O)OC1=O. The molecule has 0 bridgehead atoms. The molecule has 1 rings (SSSR count). The average Bonchev–Trinajstić information content (AvgIpc) is 2.85. The van der Waals surface area contributed by atoms with Crippen molar-refractivity contribution in [1.29, 1.82) is 0 Å². The highest BCUT2D eigenvalue weighted by Gasteiger charge is 2.30. The highest BCUT2D eigenvalue weighted by molar-refractivity contribution is 5.76. The Kier molecular flexibility index (Phi) is 11.9. The fourth-order valence-electron chi connectivity index (χ4n) is 3.10. The van der Waals surface area contributed by atoms with Crippen molar-refractivity contribution in [3.05, 3.63) is 12.2 Å². The third kappa shape index (κ3) is 10.5. The van der Waals surface area contributed by atoms with Crippen LogP contribution in [0.3, 0.4) is 0 Å². The Morgan fingerprint density at radius 2 is 1.48 bits per heavy atom. The number of carbonyl (C=O) groups is 1. The fourth-order valence-corrected chi connectivity index (χ4v) is 3.10. The van der Waals surface area contributed by atoms with Gasteiger partial charge >= 0.3 is 5.97 Å². The third-order valence-electron chi connectivity index (χ3n) is 4.60. The molecule has 0 aliphatic carbocycles. The summed E-state index contributed by atoms with van der Waals surface area (Å²) >= 11 is 0. The van der Waals surface area contributed by atoms with E-state index in [4.69, 9.17) is 4.74 Å². The summed E-state index contributed by atoms with van der Waals surface area (Å²) in [5.74, 6) is -0.522. The van der Waals surface area contributed by atoms with Gasteiger partial charge in [-0.15, -0.1) is 0 Å². The van der Waals surface area contributed by atoms with E-state index in [1.807, 2.05) is 6.08 Å². The van der Waals surface area contributed by atoms with Crippen LogP contribution in [0, 0.1) is 5.92 Å². The lowest BCUT2D eigenvalue weighted by atomic mass is 10.0. The molecule has 1 fully saturated rings. The average molecular weight is 325 g/mol. The summed E-state index contributed by atoms with van der Waals surface area (Å²) in [6.45, 7) is 2.27. The van der Waals surface area contributed by atoms with Crippen LogP contribution >= 0.6 is 0 Å². The van der Waals surface area contributed by atoms with E-state index in [-0.39, 0.29) is 11.9 Å². The van der Waals surface area contributed by atoms with Gasteiger partial charge in [0.25, 0.3) is 0 Å². The molecular weight excluding hydrogens is 288 g/mol. The van der Waals surface area contributed by atoms with E-state index in [9.17, 15) is 9.90 Å². The fraction of sp³-hybridized carbons (Fsp3) is 0.850. The maximum absolute atomic E-state index is 11.3. The predicted octanol–water partition coefficient (Wildman–Crippen LogP) is 5.52. The summed E-state index contributed by atoms with van der Waals surface area (Å²) in [5.41, 5.74) is 0. The van der Waals surface area contributed by atoms with Crippen LogP contribution in [0.4, 0.5) is 0 Å². The van der Waals surface area contributed by atoms with E-state index < -0.39 is 6.29 Å². The number of cyclic esters (lactones) is 1. The molecule has 2 unspecified atom stereocenters. The zero-order valence-electron chi connectivity index (χ0n) is 15.0. The molecular formula is C20H36O3. The van der Waals surface area contributed by atoms with E-state index in [2.05, 4.69) is 13.0 Å². The van der Waals surface area contributed by atoms with Crippen LogP contribution in [0.25, 0.3) is 0 Å². The van der Waals surface area contributed by atoms with Crippen molar-refractivity contribution >= 4 is 5.97 Å². The Morgan fingerprint density at radius 3 is 1.96 bits per heavy atom. The summed E-state index contributed by atoms with van der Waals surface area (Å²) in [6.07, 6.45) is 20.9. The summed E-state index contributed by atoms with van der Waals surface area (Å²) < 4.78 is 4.71. The molecule has 1 aliphatic rings. The number of hydrogen-bond acceptors (Lipinski definition) is 3. The van der Waals surface area contributed by atoms with Gasteiger partial charge in [-0.2, -0.15) is 0 Å². The molecule has 1 aliphatic heterocycles. The molecule has 0 amide bonds. The molecule has 1 N–H and O–H groups in total. The zero-order valence-corrected chi connectivity index (χ0v) is 15.0. The minimum Gasteiger partial charge on any atom is -0.435 e. The monoisotopic (exact) mass is 324 g/mol. The highest BCUT2D eigenvalue weighted by atomic mass is 16.6. The molecule has 0 aromatic heterocycles. The van der Waals surface area contributed by atoms with E-state index >= 15 is 0 Å². The molecule has 23 heavy (non-hydrogen) atoms. The third-order valence-corrected chi connectivity index (χ3v) is 4.60. The zero-order chi connectivity index (χ0) is 16.8. The Balaban J connectivity index is 1.80. The van der Waals surface area contributed by atoms with Gasteiger partial charge in [-0.25, -0.2) is 0 Å². The normalized spacial score (nSPS) is 21.2. The second kappa shape index (κ2) is 13.6. The van der Waals surface area contributed by atoms with Crippen LogP contribution < -0.4 is 0 Å². The first kappa shape index (κ1) is 20.2. The maximum Gasteiger partial charge on any atom is 0.315 e. The molecule has 0 aromatic rings. The van der Waals surface area contributed by atoms with Crippen molar-refractivity contribution in [3.63, 3.8) is 0 Å². The Bertz CT molecular complexity index is 325. The second-order valence-corrected chi connectivity index (χ2v) is 6.84. The summed E-state index contributed by atoms with van der Waals surface area (Å²) in [7, 11) is 0. The highest BCUT2D eigenvalue weighted by Crippen LogP contribution is 2.21. The molecule has 1 saturated heterocycles. The van der Waals surface area contributed by atoms with Crippen LogP contribution in [0.2, 0.25) is 0 Å². The van der Waals surface area contributed by atoms with Crippen LogP contribution in [-0.2, 0) is 9.53 Å². The lowest BCUT2D eigenvalue weighted by Crippen LogP contribution is -2.04. The van der Waals surface area contributed by atoms with Gasteiger partial charge in [0.15, 0.2) is 0 Å². The Morgan fingerprint density at radius 1 is 0.957 bits per heavy atom. The smallest absolute Gasteiger partial charge is 0.315 e. The number of rotatable bonds is 14. The van der Waals surface area contributed by atoms with Gasteiger partial charge in [0.05, 0.1) is 5.92 Å². The first-order chi connectivity index (χ1) is 11.2. The first-order valence-electron chi connectivity index (χ1n) is 9.79. The van der Waals surface area contributed by atoms with Crippen molar-refractivity contribution in [2.45, 2.75) is 103 Å². The van der Waals surface area contributed by atoms with Gasteiger partial charge in [0.2, 0.25) is 6.29 Å². The quantitative estimate of drug-likeness (QED) is 0.260. The number of unbranched alkanes of at least 4 members (excludes halogenated alkanes) is 12. The van der Waals surface area contributed by atoms with Gasteiger partial charge in [-0.1, -0.05) is 89.7 Å². The van der Waals surface area contributed by atoms with Gasteiger partial charge in [-0.3, -0.25) is 4.79 Å². The molecule has 2 atom stereocenters. The number of hydrogen-bond donors (Lipinski definition) is 1. The molecule has 0 saturated carbocycles.